The lowest BCUT2D eigenvalue weighted by Crippen LogP contribution is -2.48. The monoisotopic (exact) mass is 418 g/mol. The quantitative estimate of drug-likeness (QED) is 0.646. The number of hydrogen-bond donors (Lipinski definition) is 0. The van der Waals surface area contributed by atoms with Crippen LogP contribution < -0.4 is 9.64 Å². The number of fused-ring (bicyclic) bond motifs is 1. The molecule has 31 heavy (non-hydrogen) atoms. The van der Waals surface area contributed by atoms with Crippen LogP contribution in [0.5, 0.6) is 5.75 Å². The number of aromatic nitrogens is 2. The number of carbonyl (C=O) groups excluding carboxylic acids is 2. The van der Waals surface area contributed by atoms with E-state index in [0.717, 1.165) is 24.8 Å². The van der Waals surface area contributed by atoms with Gasteiger partial charge in [0, 0.05) is 12.1 Å². The van der Waals surface area contributed by atoms with Crippen LogP contribution in [0.25, 0.3) is 11.4 Å². The number of nitrogens with zero attached hydrogens (tertiary/aromatic N) is 4. The molecular formula is C23H22N4O4. The molecule has 1 saturated heterocycles. The van der Waals surface area contributed by atoms with Crippen molar-refractivity contribution >= 4 is 17.5 Å². The molecule has 3 heterocycles. The number of likely N-dealkylation sites (tertiary alicyclic amines) is 1. The van der Waals surface area contributed by atoms with Crippen molar-refractivity contribution in [1.82, 2.24) is 15.0 Å². The summed E-state index contributed by atoms with van der Waals surface area (Å²) in [4.78, 5) is 33.6. The fourth-order valence-corrected chi connectivity index (χ4v) is 4.12. The van der Waals surface area contributed by atoms with Crippen LogP contribution in [0.1, 0.15) is 31.2 Å². The largest absolute Gasteiger partial charge is 0.482 e. The van der Waals surface area contributed by atoms with Crippen molar-refractivity contribution in [2.24, 2.45) is 0 Å². The number of benzene rings is 2. The van der Waals surface area contributed by atoms with E-state index < -0.39 is 0 Å². The summed E-state index contributed by atoms with van der Waals surface area (Å²) in [5, 5.41) is 4.11. The average molecular weight is 418 g/mol. The van der Waals surface area contributed by atoms with E-state index in [-0.39, 0.29) is 31.0 Å². The Morgan fingerprint density at radius 3 is 2.74 bits per heavy atom. The summed E-state index contributed by atoms with van der Waals surface area (Å²) in [5.41, 5.74) is 1.48. The molecule has 2 aliphatic heterocycles. The first-order valence-electron chi connectivity index (χ1n) is 10.4. The molecule has 2 amide bonds. The van der Waals surface area contributed by atoms with Crippen LogP contribution in [-0.2, 0) is 9.59 Å². The smallest absolute Gasteiger partial charge is 0.265 e. The van der Waals surface area contributed by atoms with Crippen LogP contribution in [0.15, 0.2) is 59.1 Å². The highest BCUT2D eigenvalue weighted by molar-refractivity contribution is 6.02. The van der Waals surface area contributed by atoms with Crippen molar-refractivity contribution < 1.29 is 18.8 Å². The zero-order chi connectivity index (χ0) is 21.2. The summed E-state index contributed by atoms with van der Waals surface area (Å²) in [6.45, 7) is 0.472. The topological polar surface area (TPSA) is 88.8 Å². The van der Waals surface area contributed by atoms with Gasteiger partial charge in [-0.1, -0.05) is 47.6 Å². The second kappa shape index (κ2) is 8.22. The van der Waals surface area contributed by atoms with Crippen LogP contribution in [0, 0.1) is 0 Å². The third-order valence-corrected chi connectivity index (χ3v) is 5.68. The molecule has 0 bridgehead atoms. The van der Waals surface area contributed by atoms with E-state index in [1.807, 2.05) is 42.5 Å². The minimum absolute atomic E-state index is 0.0462. The number of ether oxygens (including phenoxy) is 1. The third kappa shape index (κ3) is 3.76. The Hall–Kier alpha value is -3.68. The van der Waals surface area contributed by atoms with Gasteiger partial charge in [0.15, 0.2) is 6.61 Å². The van der Waals surface area contributed by atoms with Gasteiger partial charge in [0.1, 0.15) is 18.3 Å². The molecule has 1 fully saturated rings. The summed E-state index contributed by atoms with van der Waals surface area (Å²) in [7, 11) is 0. The Bertz CT molecular complexity index is 1100. The van der Waals surface area contributed by atoms with Crippen molar-refractivity contribution in [3.8, 4) is 17.1 Å². The summed E-state index contributed by atoms with van der Waals surface area (Å²) in [6.07, 6.45) is 2.61. The van der Waals surface area contributed by atoms with Crippen molar-refractivity contribution in [1.29, 1.82) is 0 Å². The SMILES string of the molecule is O=C1COc2ccccc2N1CC(=O)N1CCCCC1c1nc(-c2ccccc2)no1. The van der Waals surface area contributed by atoms with Gasteiger partial charge in [-0.05, 0) is 31.4 Å². The molecule has 2 aromatic carbocycles. The van der Waals surface area contributed by atoms with E-state index >= 15 is 0 Å². The summed E-state index contributed by atoms with van der Waals surface area (Å²) >= 11 is 0. The van der Waals surface area contributed by atoms with E-state index in [0.29, 0.717) is 29.7 Å². The lowest BCUT2D eigenvalue weighted by atomic mass is 10.0. The fourth-order valence-electron chi connectivity index (χ4n) is 4.12. The van der Waals surface area contributed by atoms with Crippen LogP contribution >= 0.6 is 0 Å². The zero-order valence-corrected chi connectivity index (χ0v) is 16.9. The lowest BCUT2D eigenvalue weighted by molar-refractivity contribution is -0.135. The molecule has 0 N–H and O–H groups in total. The molecule has 1 aromatic heterocycles. The number of amides is 2. The third-order valence-electron chi connectivity index (χ3n) is 5.68. The molecule has 0 radical (unpaired) electrons. The van der Waals surface area contributed by atoms with Crippen LogP contribution in [-0.4, -0.2) is 46.6 Å². The minimum atomic E-state index is -0.294. The second-order valence-corrected chi connectivity index (χ2v) is 7.66. The van der Waals surface area contributed by atoms with E-state index in [1.54, 1.807) is 17.0 Å². The van der Waals surface area contributed by atoms with Gasteiger partial charge < -0.3 is 14.2 Å². The Morgan fingerprint density at radius 1 is 1.06 bits per heavy atom. The number of hydrogen-bond acceptors (Lipinski definition) is 6. The van der Waals surface area contributed by atoms with Gasteiger partial charge in [0.05, 0.1) is 5.69 Å². The Balaban J connectivity index is 1.37. The molecule has 8 heteroatoms. The Labute approximate surface area is 179 Å². The molecule has 2 aliphatic rings. The normalized spacial score (nSPS) is 18.5. The summed E-state index contributed by atoms with van der Waals surface area (Å²) < 4.78 is 11.0. The van der Waals surface area contributed by atoms with Gasteiger partial charge in [-0.3, -0.25) is 14.5 Å². The van der Waals surface area contributed by atoms with Crippen molar-refractivity contribution in [3.05, 3.63) is 60.5 Å². The number of piperidine rings is 1. The van der Waals surface area contributed by atoms with E-state index in [1.165, 1.54) is 4.90 Å². The summed E-state index contributed by atoms with van der Waals surface area (Å²) in [5.74, 6) is 1.17. The standard InChI is InChI=1S/C23H22N4O4/c28-20(14-27-17-10-4-5-12-19(17)30-15-21(27)29)26-13-7-6-11-18(26)23-24-22(25-31-23)16-8-2-1-3-9-16/h1-5,8-10,12,18H,6-7,11,13-15H2. The van der Waals surface area contributed by atoms with Crippen molar-refractivity contribution in [2.75, 3.05) is 24.6 Å². The van der Waals surface area contributed by atoms with E-state index in [9.17, 15) is 9.59 Å². The van der Waals surface area contributed by atoms with Gasteiger partial charge in [0.25, 0.3) is 5.91 Å². The predicted molar refractivity (Wildman–Crippen MR) is 112 cm³/mol. The fraction of sp³-hybridized carbons (Fsp3) is 0.304. The Kier molecular flexibility index (Phi) is 5.11. The molecule has 5 rings (SSSR count). The van der Waals surface area contributed by atoms with Crippen LogP contribution in [0.4, 0.5) is 5.69 Å². The zero-order valence-electron chi connectivity index (χ0n) is 16.9. The first kappa shape index (κ1) is 19.3. The van der Waals surface area contributed by atoms with Crippen molar-refractivity contribution in [2.45, 2.75) is 25.3 Å². The highest BCUT2D eigenvalue weighted by Gasteiger charge is 2.35. The maximum absolute atomic E-state index is 13.3. The first-order chi connectivity index (χ1) is 15.2. The van der Waals surface area contributed by atoms with Gasteiger partial charge in [0.2, 0.25) is 17.6 Å². The van der Waals surface area contributed by atoms with Gasteiger partial charge >= 0.3 is 0 Å². The first-order valence-corrected chi connectivity index (χ1v) is 10.4. The van der Waals surface area contributed by atoms with Crippen LogP contribution in [0.3, 0.4) is 0 Å². The molecule has 1 atom stereocenters. The predicted octanol–water partition coefficient (Wildman–Crippen LogP) is 3.22. The molecule has 0 spiro atoms. The highest BCUT2D eigenvalue weighted by Crippen LogP contribution is 2.34. The highest BCUT2D eigenvalue weighted by atomic mass is 16.5. The molecule has 1 unspecified atom stereocenters. The minimum Gasteiger partial charge on any atom is -0.482 e. The van der Waals surface area contributed by atoms with Gasteiger partial charge in [-0.15, -0.1) is 0 Å². The molecule has 0 saturated carbocycles. The van der Waals surface area contributed by atoms with Crippen molar-refractivity contribution in [3.63, 3.8) is 0 Å². The maximum Gasteiger partial charge on any atom is 0.265 e. The molecular weight excluding hydrogens is 396 g/mol. The summed E-state index contributed by atoms with van der Waals surface area (Å²) in [6, 6.07) is 16.6. The molecule has 3 aromatic rings. The molecule has 158 valence electrons. The number of anilines is 1. The molecule has 0 aliphatic carbocycles. The molecule has 8 nitrogen and oxygen atoms in total. The number of carbonyl (C=O) groups is 2. The lowest BCUT2D eigenvalue weighted by Gasteiger charge is -2.36. The van der Waals surface area contributed by atoms with E-state index in [4.69, 9.17) is 9.26 Å². The number of para-hydroxylation sites is 2. The van der Waals surface area contributed by atoms with Gasteiger partial charge in [-0.2, -0.15) is 4.98 Å². The van der Waals surface area contributed by atoms with E-state index in [2.05, 4.69) is 10.1 Å². The Morgan fingerprint density at radius 2 is 1.87 bits per heavy atom. The number of rotatable bonds is 4. The van der Waals surface area contributed by atoms with Gasteiger partial charge in [-0.25, -0.2) is 0 Å². The van der Waals surface area contributed by atoms with Crippen LogP contribution in [0.2, 0.25) is 0 Å². The second-order valence-electron chi connectivity index (χ2n) is 7.66. The maximum atomic E-state index is 13.3. The average Bonchev–Trinajstić information content (AvgIpc) is 3.32.